The Labute approximate surface area is 150 Å². The zero-order chi connectivity index (χ0) is 18.3. The number of amides is 1. The van der Waals surface area contributed by atoms with Crippen molar-refractivity contribution in [1.29, 1.82) is 0 Å². The van der Waals surface area contributed by atoms with Crippen molar-refractivity contribution < 1.29 is 4.79 Å². The molecule has 1 amide bonds. The fourth-order valence-corrected chi connectivity index (χ4v) is 3.73. The molecular formula is C18H22N6O2. The minimum absolute atomic E-state index is 0.00519. The maximum atomic E-state index is 12.4. The third-order valence-corrected chi connectivity index (χ3v) is 5.15. The van der Waals surface area contributed by atoms with Crippen LogP contribution in [0.4, 0.5) is 0 Å². The zero-order valence-electron chi connectivity index (χ0n) is 14.9. The molecule has 8 nitrogen and oxygen atoms in total. The molecule has 0 bridgehead atoms. The number of fused-ring (bicyclic) bond motifs is 1. The molecule has 2 N–H and O–H groups in total. The van der Waals surface area contributed by atoms with Gasteiger partial charge in [0.05, 0.1) is 6.42 Å². The first-order chi connectivity index (χ1) is 12.5. The van der Waals surface area contributed by atoms with Gasteiger partial charge in [0.25, 0.3) is 5.56 Å². The molecule has 0 aromatic carbocycles. The van der Waals surface area contributed by atoms with Gasteiger partial charge in [0, 0.05) is 48.0 Å². The van der Waals surface area contributed by atoms with Gasteiger partial charge in [-0.1, -0.05) is 0 Å². The number of aromatic amines is 1. The van der Waals surface area contributed by atoms with Crippen LogP contribution < -0.4 is 10.9 Å². The number of hydrogen-bond acceptors (Lipinski definition) is 4. The Morgan fingerprint density at radius 2 is 2.19 bits per heavy atom. The van der Waals surface area contributed by atoms with Gasteiger partial charge in [-0.05, 0) is 38.7 Å². The fourth-order valence-electron chi connectivity index (χ4n) is 3.73. The van der Waals surface area contributed by atoms with Crippen LogP contribution in [-0.2, 0) is 17.8 Å². The molecule has 1 saturated carbocycles. The second-order valence-electron chi connectivity index (χ2n) is 7.08. The predicted octanol–water partition coefficient (Wildman–Crippen LogP) is 0.973. The molecule has 1 fully saturated rings. The topological polar surface area (TPSA) is 97.1 Å². The number of carbonyl (C=O) groups excluding carboxylic acids is 1. The van der Waals surface area contributed by atoms with Gasteiger partial charge in [0.1, 0.15) is 0 Å². The average molecular weight is 354 g/mol. The summed E-state index contributed by atoms with van der Waals surface area (Å²) in [4.78, 5) is 28.4. The average Bonchev–Trinajstić information content (AvgIpc) is 3.18. The molecule has 0 spiro atoms. The lowest BCUT2D eigenvalue weighted by Crippen LogP contribution is -2.46. The number of aromatic nitrogens is 5. The Bertz CT molecular complexity index is 995. The molecule has 1 aliphatic rings. The zero-order valence-corrected chi connectivity index (χ0v) is 14.9. The summed E-state index contributed by atoms with van der Waals surface area (Å²) in [6.07, 6.45) is 5.97. The van der Waals surface area contributed by atoms with Gasteiger partial charge in [-0.15, -0.1) is 0 Å². The minimum Gasteiger partial charge on any atom is -0.353 e. The molecule has 3 aromatic heterocycles. The number of rotatable bonds is 5. The molecule has 4 rings (SSSR count). The second kappa shape index (κ2) is 6.44. The van der Waals surface area contributed by atoms with E-state index in [-0.39, 0.29) is 23.9 Å². The van der Waals surface area contributed by atoms with Gasteiger partial charge in [-0.2, -0.15) is 5.10 Å². The first-order valence-electron chi connectivity index (χ1n) is 8.84. The van der Waals surface area contributed by atoms with E-state index in [4.69, 9.17) is 0 Å². The molecule has 0 radical (unpaired) electrons. The van der Waals surface area contributed by atoms with Crippen LogP contribution in [0.1, 0.15) is 29.8 Å². The van der Waals surface area contributed by atoms with E-state index in [0.29, 0.717) is 11.6 Å². The summed E-state index contributed by atoms with van der Waals surface area (Å²) in [5.41, 5.74) is 2.86. The summed E-state index contributed by atoms with van der Waals surface area (Å²) in [5.74, 6) is 0.557. The highest BCUT2D eigenvalue weighted by Crippen LogP contribution is 2.28. The van der Waals surface area contributed by atoms with Crippen LogP contribution >= 0.6 is 0 Å². The van der Waals surface area contributed by atoms with Gasteiger partial charge in [-0.3, -0.25) is 19.4 Å². The second-order valence-corrected chi connectivity index (χ2v) is 7.08. The van der Waals surface area contributed by atoms with Crippen molar-refractivity contribution in [3.05, 3.63) is 51.8 Å². The summed E-state index contributed by atoms with van der Waals surface area (Å²) in [6, 6.07) is 3.61. The largest absolute Gasteiger partial charge is 0.353 e. The maximum Gasteiger partial charge on any atom is 0.266 e. The first kappa shape index (κ1) is 16.6. The maximum absolute atomic E-state index is 12.4. The van der Waals surface area contributed by atoms with E-state index in [0.717, 1.165) is 36.3 Å². The molecule has 1 aliphatic carbocycles. The van der Waals surface area contributed by atoms with Gasteiger partial charge in [0.2, 0.25) is 5.91 Å². The first-order valence-corrected chi connectivity index (χ1v) is 8.84. The van der Waals surface area contributed by atoms with E-state index >= 15 is 0 Å². The standard InChI is InChI=1S/C18H22N6O2/c1-11-15(12(2)24-16(20-11)9-18(26)22-24)8-17(25)21-14-6-13(7-14)10-23-5-3-4-19-23/h3-5,9,13-14H,6-8,10H2,1-2H3,(H,21,25)(H,22,26). The van der Waals surface area contributed by atoms with Crippen LogP contribution in [-0.4, -0.2) is 36.3 Å². The predicted molar refractivity (Wildman–Crippen MR) is 95.9 cm³/mol. The molecule has 0 saturated heterocycles. The molecule has 136 valence electrons. The number of carbonyl (C=O) groups is 1. The summed E-state index contributed by atoms with van der Waals surface area (Å²) in [6.45, 7) is 4.67. The van der Waals surface area contributed by atoms with E-state index in [1.165, 1.54) is 6.07 Å². The van der Waals surface area contributed by atoms with Crippen LogP contribution in [0.15, 0.2) is 29.3 Å². The van der Waals surface area contributed by atoms with E-state index < -0.39 is 0 Å². The van der Waals surface area contributed by atoms with Gasteiger partial charge in [0.15, 0.2) is 5.65 Å². The summed E-state index contributed by atoms with van der Waals surface area (Å²) in [7, 11) is 0. The van der Waals surface area contributed by atoms with Crippen molar-refractivity contribution >= 4 is 11.6 Å². The van der Waals surface area contributed by atoms with E-state index in [2.05, 4.69) is 20.5 Å². The van der Waals surface area contributed by atoms with E-state index in [1.54, 1.807) is 10.7 Å². The molecule has 8 heteroatoms. The highest BCUT2D eigenvalue weighted by molar-refractivity contribution is 5.79. The summed E-state index contributed by atoms with van der Waals surface area (Å²) >= 11 is 0. The lowest BCUT2D eigenvalue weighted by Gasteiger charge is -2.35. The Morgan fingerprint density at radius 3 is 2.92 bits per heavy atom. The smallest absolute Gasteiger partial charge is 0.266 e. The van der Waals surface area contributed by atoms with Gasteiger partial charge in [-0.25, -0.2) is 9.50 Å². The molecular weight excluding hydrogens is 332 g/mol. The molecule has 3 heterocycles. The number of hydrogen-bond donors (Lipinski definition) is 2. The Kier molecular flexibility index (Phi) is 4.10. The Balaban J connectivity index is 1.37. The monoisotopic (exact) mass is 354 g/mol. The minimum atomic E-state index is -0.195. The molecule has 26 heavy (non-hydrogen) atoms. The van der Waals surface area contributed by atoms with Crippen molar-refractivity contribution in [3.63, 3.8) is 0 Å². The SMILES string of the molecule is Cc1nc2cc(=O)[nH]n2c(C)c1CC(=O)NC1CC(Cn2cccn2)C1. The molecule has 0 unspecified atom stereocenters. The van der Waals surface area contributed by atoms with Crippen molar-refractivity contribution in [1.82, 2.24) is 29.7 Å². The highest BCUT2D eigenvalue weighted by Gasteiger charge is 2.30. The number of H-pyrrole nitrogens is 1. The normalized spacial score (nSPS) is 19.5. The quantitative estimate of drug-likeness (QED) is 0.713. The van der Waals surface area contributed by atoms with Crippen molar-refractivity contribution in [2.75, 3.05) is 0 Å². The third-order valence-electron chi connectivity index (χ3n) is 5.15. The molecule has 3 aromatic rings. The van der Waals surface area contributed by atoms with E-state index in [9.17, 15) is 9.59 Å². The van der Waals surface area contributed by atoms with Crippen molar-refractivity contribution in [2.45, 2.75) is 45.7 Å². The number of nitrogens with zero attached hydrogens (tertiary/aromatic N) is 4. The fraction of sp³-hybridized carbons (Fsp3) is 0.444. The summed E-state index contributed by atoms with van der Waals surface area (Å²) in [5, 5.41) is 10.0. The van der Waals surface area contributed by atoms with Crippen LogP contribution in [0.3, 0.4) is 0 Å². The van der Waals surface area contributed by atoms with Crippen LogP contribution in [0.5, 0.6) is 0 Å². The van der Waals surface area contributed by atoms with Crippen LogP contribution in [0, 0.1) is 19.8 Å². The van der Waals surface area contributed by atoms with Crippen LogP contribution in [0.2, 0.25) is 0 Å². The molecule has 0 aliphatic heterocycles. The number of aryl methyl sites for hydroxylation is 2. The van der Waals surface area contributed by atoms with Crippen molar-refractivity contribution in [3.8, 4) is 0 Å². The lowest BCUT2D eigenvalue weighted by atomic mass is 9.80. The van der Waals surface area contributed by atoms with Gasteiger partial charge >= 0.3 is 0 Å². The third kappa shape index (κ3) is 3.14. The Hall–Kier alpha value is -2.90. The van der Waals surface area contributed by atoms with Gasteiger partial charge < -0.3 is 5.32 Å². The van der Waals surface area contributed by atoms with Crippen molar-refractivity contribution in [2.24, 2.45) is 5.92 Å². The number of nitrogens with one attached hydrogen (secondary N) is 2. The molecule has 0 atom stereocenters. The summed E-state index contributed by atoms with van der Waals surface area (Å²) < 4.78 is 3.58. The van der Waals surface area contributed by atoms with E-state index in [1.807, 2.05) is 30.8 Å². The Morgan fingerprint density at radius 1 is 1.38 bits per heavy atom. The van der Waals surface area contributed by atoms with Crippen LogP contribution in [0.25, 0.3) is 5.65 Å². The highest BCUT2D eigenvalue weighted by atomic mass is 16.1. The lowest BCUT2D eigenvalue weighted by molar-refractivity contribution is -0.122.